The summed E-state index contributed by atoms with van der Waals surface area (Å²) in [6.45, 7) is 11.0. The summed E-state index contributed by atoms with van der Waals surface area (Å²) in [5.41, 5.74) is 1.20. The summed E-state index contributed by atoms with van der Waals surface area (Å²) in [7, 11) is 0. The van der Waals surface area contributed by atoms with Crippen LogP contribution in [0.3, 0.4) is 0 Å². The van der Waals surface area contributed by atoms with Crippen molar-refractivity contribution in [2.24, 2.45) is 0 Å². The maximum atomic E-state index is 4.62. The Kier molecular flexibility index (Phi) is 3.95. The normalized spacial score (nSPS) is 23.3. The topological polar surface area (TPSA) is 28.2 Å². The third-order valence-corrected chi connectivity index (χ3v) is 4.17. The summed E-state index contributed by atoms with van der Waals surface area (Å²) in [5, 5.41) is 4.79. The maximum Gasteiger partial charge on any atom is 0.107 e. The summed E-state index contributed by atoms with van der Waals surface area (Å²) >= 11 is 1.84. The van der Waals surface area contributed by atoms with Crippen LogP contribution in [0.25, 0.3) is 0 Å². The van der Waals surface area contributed by atoms with E-state index in [2.05, 4.69) is 36.0 Å². The van der Waals surface area contributed by atoms with Crippen LogP contribution in [0.2, 0.25) is 0 Å². The van der Waals surface area contributed by atoms with Gasteiger partial charge >= 0.3 is 0 Å². The van der Waals surface area contributed by atoms with Crippen molar-refractivity contribution < 1.29 is 0 Å². The fourth-order valence-corrected chi connectivity index (χ4v) is 3.11. The lowest BCUT2D eigenvalue weighted by molar-refractivity contribution is 0.264. The molecule has 1 fully saturated rings. The molecule has 0 aliphatic carbocycles. The molecule has 0 saturated carbocycles. The zero-order valence-electron chi connectivity index (χ0n) is 10.4. The molecule has 1 unspecified atom stereocenters. The van der Waals surface area contributed by atoms with Crippen LogP contribution in [0.5, 0.6) is 0 Å². The second-order valence-electron chi connectivity index (χ2n) is 4.69. The van der Waals surface area contributed by atoms with Crippen molar-refractivity contribution in [2.75, 3.05) is 19.6 Å². The smallest absolute Gasteiger partial charge is 0.107 e. The van der Waals surface area contributed by atoms with E-state index < -0.39 is 0 Å². The molecular formula is C12H21N3S. The molecule has 1 aromatic rings. The monoisotopic (exact) mass is 239 g/mol. The Morgan fingerprint density at radius 3 is 3.00 bits per heavy atom. The molecule has 1 aliphatic heterocycles. The van der Waals surface area contributed by atoms with E-state index in [4.69, 9.17) is 0 Å². The molecule has 1 aliphatic rings. The number of nitrogens with zero attached hydrogens (tertiary/aromatic N) is 2. The van der Waals surface area contributed by atoms with Crippen LogP contribution in [-0.4, -0.2) is 35.6 Å². The van der Waals surface area contributed by atoms with Gasteiger partial charge in [0, 0.05) is 17.5 Å². The first-order valence-electron chi connectivity index (χ1n) is 6.04. The molecule has 2 rings (SSSR count). The van der Waals surface area contributed by atoms with Gasteiger partial charge in [-0.05, 0) is 40.3 Å². The van der Waals surface area contributed by atoms with Gasteiger partial charge in [0.05, 0.1) is 12.2 Å². The Balaban J connectivity index is 1.97. The summed E-state index contributed by atoms with van der Waals surface area (Å²) < 4.78 is 0. The first kappa shape index (κ1) is 12.0. The van der Waals surface area contributed by atoms with E-state index in [0.717, 1.165) is 19.6 Å². The van der Waals surface area contributed by atoms with Crippen molar-refractivity contribution in [1.29, 1.82) is 0 Å². The van der Waals surface area contributed by atoms with Gasteiger partial charge in [0.25, 0.3) is 0 Å². The van der Waals surface area contributed by atoms with Crippen molar-refractivity contribution in [3.8, 4) is 0 Å². The number of rotatable bonds is 2. The van der Waals surface area contributed by atoms with Crippen molar-refractivity contribution in [3.05, 3.63) is 15.6 Å². The van der Waals surface area contributed by atoms with E-state index in [0.29, 0.717) is 6.04 Å². The minimum atomic E-state index is 0.602. The third-order valence-electron chi connectivity index (χ3n) is 3.11. The van der Waals surface area contributed by atoms with Gasteiger partial charge in [0.2, 0.25) is 0 Å². The highest BCUT2D eigenvalue weighted by atomic mass is 32.1. The predicted octanol–water partition coefficient (Wildman–Crippen LogP) is 1.94. The van der Waals surface area contributed by atoms with Gasteiger partial charge in [0.15, 0.2) is 0 Å². The van der Waals surface area contributed by atoms with Crippen LogP contribution in [0, 0.1) is 13.8 Å². The fraction of sp³-hybridized carbons (Fsp3) is 0.750. The van der Waals surface area contributed by atoms with Crippen LogP contribution in [0.15, 0.2) is 0 Å². The van der Waals surface area contributed by atoms with Gasteiger partial charge in [0.1, 0.15) is 5.01 Å². The minimum Gasteiger partial charge on any atom is -0.313 e. The molecule has 2 heterocycles. The third kappa shape index (κ3) is 3.03. The van der Waals surface area contributed by atoms with E-state index >= 15 is 0 Å². The molecule has 0 spiro atoms. The minimum absolute atomic E-state index is 0.602. The first-order chi connectivity index (χ1) is 7.65. The second-order valence-corrected chi connectivity index (χ2v) is 5.98. The molecule has 1 N–H and O–H groups in total. The highest BCUT2D eigenvalue weighted by Crippen LogP contribution is 2.18. The number of aromatic nitrogens is 1. The van der Waals surface area contributed by atoms with E-state index in [1.807, 2.05) is 11.3 Å². The SMILES string of the molecule is Cc1nc(CN2CCCNC(C)C2)sc1C. The molecule has 0 radical (unpaired) electrons. The molecule has 1 saturated heterocycles. The average Bonchev–Trinajstić information content (AvgIpc) is 2.43. The van der Waals surface area contributed by atoms with Crippen molar-refractivity contribution in [2.45, 2.75) is 39.8 Å². The molecule has 0 aromatic carbocycles. The van der Waals surface area contributed by atoms with Crippen LogP contribution in [0.1, 0.15) is 28.9 Å². The molecule has 0 amide bonds. The standard InChI is InChI=1S/C12H21N3S/c1-9-7-15(6-4-5-13-9)8-12-14-10(2)11(3)16-12/h9,13H,4-8H2,1-3H3. The molecular weight excluding hydrogens is 218 g/mol. The van der Waals surface area contributed by atoms with Gasteiger partial charge in [-0.15, -0.1) is 11.3 Å². The molecule has 16 heavy (non-hydrogen) atoms. The van der Waals surface area contributed by atoms with Crippen molar-refractivity contribution >= 4 is 11.3 Å². The van der Waals surface area contributed by atoms with Gasteiger partial charge in [-0.25, -0.2) is 4.98 Å². The highest BCUT2D eigenvalue weighted by molar-refractivity contribution is 7.11. The van der Waals surface area contributed by atoms with Crippen molar-refractivity contribution in [3.63, 3.8) is 0 Å². The molecule has 90 valence electrons. The van der Waals surface area contributed by atoms with Gasteiger partial charge < -0.3 is 5.32 Å². The van der Waals surface area contributed by atoms with E-state index in [1.165, 1.54) is 28.5 Å². The maximum absolute atomic E-state index is 4.62. The Hall–Kier alpha value is -0.450. The van der Waals surface area contributed by atoms with Crippen LogP contribution >= 0.6 is 11.3 Å². The van der Waals surface area contributed by atoms with Crippen LogP contribution < -0.4 is 5.32 Å². The molecule has 3 nitrogen and oxygen atoms in total. The second kappa shape index (κ2) is 5.25. The zero-order chi connectivity index (χ0) is 11.5. The summed E-state index contributed by atoms with van der Waals surface area (Å²) in [6, 6.07) is 0.602. The molecule has 1 atom stereocenters. The average molecular weight is 239 g/mol. The van der Waals surface area contributed by atoms with E-state index in [1.54, 1.807) is 0 Å². The Labute approximate surface area is 102 Å². The summed E-state index contributed by atoms with van der Waals surface area (Å²) in [5.74, 6) is 0. The molecule has 1 aromatic heterocycles. The zero-order valence-corrected chi connectivity index (χ0v) is 11.2. The Morgan fingerprint density at radius 1 is 1.50 bits per heavy atom. The first-order valence-corrected chi connectivity index (χ1v) is 6.85. The van der Waals surface area contributed by atoms with Gasteiger partial charge in [-0.2, -0.15) is 0 Å². The number of nitrogens with one attached hydrogen (secondary N) is 1. The van der Waals surface area contributed by atoms with E-state index in [9.17, 15) is 0 Å². The Bertz CT molecular complexity index is 329. The predicted molar refractivity (Wildman–Crippen MR) is 68.9 cm³/mol. The fourth-order valence-electron chi connectivity index (χ4n) is 2.14. The number of thiazole rings is 1. The van der Waals surface area contributed by atoms with Gasteiger partial charge in [-0.3, -0.25) is 4.90 Å². The van der Waals surface area contributed by atoms with Gasteiger partial charge in [-0.1, -0.05) is 0 Å². The Morgan fingerprint density at radius 2 is 2.31 bits per heavy atom. The molecule has 0 bridgehead atoms. The summed E-state index contributed by atoms with van der Waals surface area (Å²) in [4.78, 5) is 8.49. The van der Waals surface area contributed by atoms with E-state index in [-0.39, 0.29) is 0 Å². The highest BCUT2D eigenvalue weighted by Gasteiger charge is 2.15. The number of hydrogen-bond donors (Lipinski definition) is 1. The number of hydrogen-bond acceptors (Lipinski definition) is 4. The largest absolute Gasteiger partial charge is 0.313 e. The van der Waals surface area contributed by atoms with Crippen molar-refractivity contribution in [1.82, 2.24) is 15.2 Å². The number of aryl methyl sites for hydroxylation is 2. The quantitative estimate of drug-likeness (QED) is 0.855. The van der Waals surface area contributed by atoms with Crippen LogP contribution in [0.4, 0.5) is 0 Å². The van der Waals surface area contributed by atoms with Crippen LogP contribution in [-0.2, 0) is 6.54 Å². The lowest BCUT2D eigenvalue weighted by Gasteiger charge is -2.20. The summed E-state index contributed by atoms with van der Waals surface area (Å²) in [6.07, 6.45) is 1.24. The lowest BCUT2D eigenvalue weighted by Crippen LogP contribution is -2.34. The molecule has 4 heteroatoms. The lowest BCUT2D eigenvalue weighted by atomic mass is 10.3.